The van der Waals surface area contributed by atoms with Gasteiger partial charge in [-0.1, -0.05) is 6.07 Å². The van der Waals surface area contributed by atoms with Crippen molar-refractivity contribution < 1.29 is 14.6 Å². The van der Waals surface area contributed by atoms with Gasteiger partial charge in [-0.05, 0) is 30.5 Å². The van der Waals surface area contributed by atoms with Crippen molar-refractivity contribution in [2.24, 2.45) is 0 Å². The van der Waals surface area contributed by atoms with Gasteiger partial charge in [0.1, 0.15) is 0 Å². The summed E-state index contributed by atoms with van der Waals surface area (Å²) in [6, 6.07) is 6.38. The molecule has 4 rings (SSSR count). The molecule has 136 valence electrons. The lowest BCUT2D eigenvalue weighted by atomic mass is 10.1. The predicted octanol–water partition coefficient (Wildman–Crippen LogP) is 0.774. The zero-order valence-electron chi connectivity index (χ0n) is 14.5. The van der Waals surface area contributed by atoms with Gasteiger partial charge in [-0.2, -0.15) is 0 Å². The van der Waals surface area contributed by atoms with E-state index in [9.17, 15) is 5.11 Å². The highest BCUT2D eigenvalue weighted by Gasteiger charge is 2.24. The largest absolute Gasteiger partial charge is 0.859 e. The molecule has 1 saturated heterocycles. The summed E-state index contributed by atoms with van der Waals surface area (Å²) < 4.78 is 10.9. The zero-order valence-corrected chi connectivity index (χ0v) is 14.5. The van der Waals surface area contributed by atoms with Crippen molar-refractivity contribution in [2.45, 2.75) is 13.0 Å². The van der Waals surface area contributed by atoms with Crippen molar-refractivity contribution in [2.75, 3.05) is 37.9 Å². The van der Waals surface area contributed by atoms with Gasteiger partial charge in [-0.3, -0.25) is 4.90 Å². The fraction of sp³-hybridized carbons (Fsp3) is 0.389. The number of hydrogen-bond acceptors (Lipinski definition) is 8. The van der Waals surface area contributed by atoms with Crippen LogP contribution in [0.4, 0.5) is 5.95 Å². The van der Waals surface area contributed by atoms with Crippen LogP contribution in [0.5, 0.6) is 11.5 Å². The molecule has 1 unspecified atom stereocenters. The first kappa shape index (κ1) is 16.6. The van der Waals surface area contributed by atoms with E-state index in [2.05, 4.69) is 38.8 Å². The maximum absolute atomic E-state index is 11.0. The minimum Gasteiger partial charge on any atom is -0.859 e. The minimum absolute atomic E-state index is 0.212. The summed E-state index contributed by atoms with van der Waals surface area (Å²) in [5.74, 6) is 1.45. The van der Waals surface area contributed by atoms with Crippen molar-refractivity contribution in [1.82, 2.24) is 14.9 Å². The van der Waals surface area contributed by atoms with E-state index >= 15 is 0 Å². The molecule has 1 fully saturated rings. The number of fused-ring (bicyclic) bond motifs is 1. The monoisotopic (exact) mass is 354 g/mol. The highest BCUT2D eigenvalue weighted by molar-refractivity contribution is 5.87. The Balaban J connectivity index is 1.39. The first-order valence-corrected chi connectivity index (χ1v) is 8.58. The molecule has 2 aliphatic rings. The fourth-order valence-electron chi connectivity index (χ4n) is 3.29. The molecule has 1 aromatic heterocycles. The van der Waals surface area contributed by atoms with Crippen LogP contribution in [0, 0.1) is 5.41 Å². The van der Waals surface area contributed by atoms with Crippen LogP contribution in [-0.4, -0.2) is 53.7 Å². The number of benzene rings is 1. The van der Waals surface area contributed by atoms with Crippen molar-refractivity contribution in [3.8, 4) is 11.5 Å². The number of hydrogen-bond donors (Lipinski definition) is 1. The highest BCUT2D eigenvalue weighted by Crippen LogP contribution is 2.35. The summed E-state index contributed by atoms with van der Waals surface area (Å²) in [5, 5.41) is 18.1. The summed E-state index contributed by atoms with van der Waals surface area (Å²) in [4.78, 5) is 12.9. The van der Waals surface area contributed by atoms with Crippen molar-refractivity contribution in [3.05, 3.63) is 41.7 Å². The van der Waals surface area contributed by atoms with Gasteiger partial charge in [0.05, 0.1) is 0 Å². The van der Waals surface area contributed by atoms with Gasteiger partial charge >= 0.3 is 0 Å². The highest BCUT2D eigenvalue weighted by atomic mass is 16.7. The molecule has 3 heterocycles. The molecule has 1 N–H and O–H groups in total. The molecule has 8 nitrogen and oxygen atoms in total. The number of rotatable bonds is 4. The average Bonchev–Trinajstić information content (AvgIpc) is 3.15. The molecule has 0 spiro atoms. The second-order valence-corrected chi connectivity index (χ2v) is 6.41. The molecule has 0 bridgehead atoms. The molecule has 0 aliphatic carbocycles. The Bertz CT molecular complexity index is 803. The molecule has 1 aromatic carbocycles. The van der Waals surface area contributed by atoms with E-state index in [4.69, 9.17) is 14.9 Å². The van der Waals surface area contributed by atoms with Crippen molar-refractivity contribution >= 4 is 11.8 Å². The van der Waals surface area contributed by atoms with E-state index < -0.39 is 5.90 Å². The third-order valence-electron chi connectivity index (χ3n) is 4.92. The molecule has 26 heavy (non-hydrogen) atoms. The molecule has 8 heteroatoms. The molecular weight excluding hydrogens is 334 g/mol. The van der Waals surface area contributed by atoms with E-state index in [-0.39, 0.29) is 18.4 Å². The smallest absolute Gasteiger partial charge is 0.231 e. The van der Waals surface area contributed by atoms with Crippen LogP contribution >= 0.6 is 0 Å². The molecule has 2 aromatic rings. The minimum atomic E-state index is -0.765. The Labute approximate surface area is 151 Å². The zero-order chi connectivity index (χ0) is 18.1. The van der Waals surface area contributed by atoms with E-state index in [0.717, 1.165) is 37.7 Å². The summed E-state index contributed by atoms with van der Waals surface area (Å²) >= 11 is 0. The molecule has 0 radical (unpaired) electrons. The number of piperazine rings is 1. The summed E-state index contributed by atoms with van der Waals surface area (Å²) in [7, 11) is 0. The predicted molar refractivity (Wildman–Crippen MR) is 93.6 cm³/mol. The first-order valence-electron chi connectivity index (χ1n) is 8.58. The van der Waals surface area contributed by atoms with Gasteiger partial charge in [-0.25, -0.2) is 9.97 Å². The molecular formula is C18H20N5O3-. The van der Waals surface area contributed by atoms with Gasteiger partial charge in [-0.15, -0.1) is 0 Å². The van der Waals surface area contributed by atoms with Gasteiger partial charge < -0.3 is 24.9 Å². The standard InChI is InChI=1S/C18H21N5O3/c1-12(13-2-3-15-16(8-13)26-11-25-15)22-4-6-23(7-5-22)18-20-9-14(10-21-18)17(19)24/h2-3,8-10,12H,4-7,11H2,1H3,(H2,19,24)/p-1. The van der Waals surface area contributed by atoms with Gasteiger partial charge in [0, 0.05) is 50.2 Å². The Morgan fingerprint density at radius 1 is 1.12 bits per heavy atom. The quantitative estimate of drug-likeness (QED) is 0.640. The van der Waals surface area contributed by atoms with Gasteiger partial charge in [0.15, 0.2) is 11.5 Å². The SMILES string of the molecule is CC(c1ccc2c(c1)OCO2)N1CCN(c2ncc(C(=N)[O-])cn2)CC1. The third-order valence-corrected chi connectivity index (χ3v) is 4.92. The summed E-state index contributed by atoms with van der Waals surface area (Å²) in [6.07, 6.45) is 2.83. The molecule has 1 atom stereocenters. The van der Waals surface area contributed by atoms with E-state index in [1.54, 1.807) is 0 Å². The van der Waals surface area contributed by atoms with Crippen molar-refractivity contribution in [1.29, 1.82) is 5.41 Å². The maximum atomic E-state index is 11.0. The topological polar surface area (TPSA) is 97.6 Å². The fourth-order valence-corrected chi connectivity index (χ4v) is 3.29. The van der Waals surface area contributed by atoms with E-state index in [0.29, 0.717) is 5.95 Å². The lowest BCUT2D eigenvalue weighted by Gasteiger charge is -2.38. The van der Waals surface area contributed by atoms with Crippen LogP contribution < -0.4 is 19.5 Å². The van der Waals surface area contributed by atoms with Gasteiger partial charge in [0.2, 0.25) is 12.7 Å². The van der Waals surface area contributed by atoms with Crippen LogP contribution in [0.3, 0.4) is 0 Å². The molecule has 0 saturated carbocycles. The van der Waals surface area contributed by atoms with Crippen LogP contribution in [-0.2, 0) is 0 Å². The van der Waals surface area contributed by atoms with Crippen LogP contribution in [0.25, 0.3) is 0 Å². The third kappa shape index (κ3) is 3.15. The number of nitrogens with zero attached hydrogens (tertiary/aromatic N) is 4. The van der Waals surface area contributed by atoms with Crippen LogP contribution in [0.2, 0.25) is 0 Å². The summed E-state index contributed by atoms with van der Waals surface area (Å²) in [6.45, 7) is 5.87. The number of nitrogens with one attached hydrogen (secondary N) is 1. The van der Waals surface area contributed by atoms with E-state index in [1.165, 1.54) is 18.0 Å². The Kier molecular flexibility index (Phi) is 4.34. The van der Waals surface area contributed by atoms with Crippen LogP contribution in [0.1, 0.15) is 24.1 Å². The lowest BCUT2D eigenvalue weighted by Crippen LogP contribution is -2.47. The number of ether oxygens (including phenoxy) is 2. The molecule has 2 aliphatic heterocycles. The number of anilines is 1. The number of aromatic nitrogens is 2. The second-order valence-electron chi connectivity index (χ2n) is 6.41. The van der Waals surface area contributed by atoms with Crippen molar-refractivity contribution in [3.63, 3.8) is 0 Å². The normalized spacial score (nSPS) is 18.0. The van der Waals surface area contributed by atoms with Crippen LogP contribution in [0.15, 0.2) is 30.6 Å². The molecule has 0 amide bonds. The summed E-state index contributed by atoms with van der Waals surface area (Å²) in [5.41, 5.74) is 1.42. The van der Waals surface area contributed by atoms with Gasteiger partial charge in [0.25, 0.3) is 0 Å². The lowest BCUT2D eigenvalue weighted by molar-refractivity contribution is -0.214. The first-order chi connectivity index (χ1) is 12.6. The average molecular weight is 354 g/mol. The second kappa shape index (κ2) is 6.80. The Morgan fingerprint density at radius 3 is 2.50 bits per heavy atom. The Morgan fingerprint density at radius 2 is 1.81 bits per heavy atom. The Hall–Kier alpha value is -2.87. The maximum Gasteiger partial charge on any atom is 0.231 e. The van der Waals surface area contributed by atoms with E-state index in [1.807, 2.05) is 6.07 Å².